The van der Waals surface area contributed by atoms with Gasteiger partial charge in [0.25, 0.3) is 5.91 Å². The standard InChI is InChI=1S/C13H11BrN2O3/c1-8(17)15-12-6-5-11(19-12)13(18)16-10-4-2-3-9(14)7-10/h2-7H,1H3,(H,15,17)(H,16,18). The molecule has 0 fully saturated rings. The summed E-state index contributed by atoms with van der Waals surface area (Å²) in [6, 6.07) is 10.2. The number of nitrogens with one attached hydrogen (secondary N) is 2. The van der Waals surface area contributed by atoms with E-state index in [1.54, 1.807) is 12.1 Å². The topological polar surface area (TPSA) is 71.3 Å². The van der Waals surface area contributed by atoms with E-state index >= 15 is 0 Å². The average Bonchev–Trinajstić information content (AvgIpc) is 2.76. The largest absolute Gasteiger partial charge is 0.435 e. The Morgan fingerprint density at radius 2 is 1.95 bits per heavy atom. The molecule has 0 aliphatic rings. The Morgan fingerprint density at radius 1 is 1.16 bits per heavy atom. The van der Waals surface area contributed by atoms with Crippen LogP contribution >= 0.6 is 15.9 Å². The Kier molecular flexibility index (Phi) is 4.01. The van der Waals surface area contributed by atoms with Crippen LogP contribution in [-0.4, -0.2) is 11.8 Å². The van der Waals surface area contributed by atoms with E-state index in [2.05, 4.69) is 26.6 Å². The number of carbonyl (C=O) groups is 2. The lowest BCUT2D eigenvalue weighted by atomic mass is 10.3. The molecule has 2 aromatic rings. The quantitative estimate of drug-likeness (QED) is 0.911. The zero-order chi connectivity index (χ0) is 13.8. The van der Waals surface area contributed by atoms with Crippen LogP contribution in [0.4, 0.5) is 11.6 Å². The monoisotopic (exact) mass is 322 g/mol. The second kappa shape index (κ2) is 5.71. The maximum atomic E-state index is 11.9. The molecule has 0 atom stereocenters. The van der Waals surface area contributed by atoms with Crippen molar-refractivity contribution in [1.82, 2.24) is 0 Å². The first kappa shape index (κ1) is 13.4. The number of rotatable bonds is 3. The van der Waals surface area contributed by atoms with Crippen LogP contribution in [0.5, 0.6) is 0 Å². The van der Waals surface area contributed by atoms with Gasteiger partial charge in [0, 0.05) is 23.2 Å². The molecule has 1 aromatic heterocycles. The Morgan fingerprint density at radius 3 is 2.63 bits per heavy atom. The fourth-order valence-electron chi connectivity index (χ4n) is 1.46. The summed E-state index contributed by atoms with van der Waals surface area (Å²) in [5, 5.41) is 5.15. The van der Waals surface area contributed by atoms with Crippen LogP contribution in [0, 0.1) is 0 Å². The lowest BCUT2D eigenvalue weighted by Gasteiger charge is -2.03. The minimum Gasteiger partial charge on any atom is -0.435 e. The normalized spacial score (nSPS) is 10.0. The van der Waals surface area contributed by atoms with Crippen molar-refractivity contribution in [3.8, 4) is 0 Å². The Bertz CT molecular complexity index is 622. The first-order valence-electron chi connectivity index (χ1n) is 5.49. The van der Waals surface area contributed by atoms with Crippen LogP contribution in [0.2, 0.25) is 0 Å². The zero-order valence-electron chi connectivity index (χ0n) is 10.1. The highest BCUT2D eigenvalue weighted by Gasteiger charge is 2.12. The summed E-state index contributed by atoms with van der Waals surface area (Å²) in [5.74, 6) is -0.265. The van der Waals surface area contributed by atoms with E-state index in [-0.39, 0.29) is 23.5 Å². The maximum Gasteiger partial charge on any atom is 0.291 e. The predicted octanol–water partition coefficient (Wildman–Crippen LogP) is 3.25. The molecule has 5 nitrogen and oxygen atoms in total. The molecule has 0 aliphatic heterocycles. The summed E-state index contributed by atoms with van der Waals surface area (Å²) in [7, 11) is 0. The summed E-state index contributed by atoms with van der Waals surface area (Å²) >= 11 is 3.32. The van der Waals surface area contributed by atoms with Crippen LogP contribution in [0.15, 0.2) is 45.3 Å². The van der Waals surface area contributed by atoms with E-state index in [4.69, 9.17) is 4.42 Å². The fourth-order valence-corrected chi connectivity index (χ4v) is 1.86. The first-order valence-corrected chi connectivity index (χ1v) is 6.28. The highest BCUT2D eigenvalue weighted by Crippen LogP contribution is 2.18. The average molecular weight is 323 g/mol. The van der Waals surface area contributed by atoms with E-state index in [9.17, 15) is 9.59 Å². The van der Waals surface area contributed by atoms with Gasteiger partial charge in [0.05, 0.1) is 0 Å². The van der Waals surface area contributed by atoms with Crippen molar-refractivity contribution >= 4 is 39.3 Å². The van der Waals surface area contributed by atoms with Gasteiger partial charge in [-0.15, -0.1) is 0 Å². The van der Waals surface area contributed by atoms with Gasteiger partial charge in [0.15, 0.2) is 11.6 Å². The molecule has 0 saturated carbocycles. The van der Waals surface area contributed by atoms with Gasteiger partial charge in [-0.25, -0.2) is 0 Å². The van der Waals surface area contributed by atoms with Crippen LogP contribution in [0.25, 0.3) is 0 Å². The molecule has 0 spiro atoms. The van der Waals surface area contributed by atoms with Crippen LogP contribution in [0.1, 0.15) is 17.5 Å². The highest BCUT2D eigenvalue weighted by molar-refractivity contribution is 9.10. The number of furan rings is 1. The number of benzene rings is 1. The van der Waals surface area contributed by atoms with Crippen LogP contribution in [0.3, 0.4) is 0 Å². The Hall–Kier alpha value is -2.08. The van der Waals surface area contributed by atoms with E-state index in [1.807, 2.05) is 12.1 Å². The maximum absolute atomic E-state index is 11.9. The van der Waals surface area contributed by atoms with E-state index in [0.29, 0.717) is 5.69 Å². The molecule has 0 saturated heterocycles. The van der Waals surface area contributed by atoms with Gasteiger partial charge >= 0.3 is 0 Å². The van der Waals surface area contributed by atoms with E-state index in [1.165, 1.54) is 19.1 Å². The van der Waals surface area contributed by atoms with Crippen LogP contribution in [-0.2, 0) is 4.79 Å². The van der Waals surface area contributed by atoms with Gasteiger partial charge in [-0.2, -0.15) is 0 Å². The van der Waals surface area contributed by atoms with Crippen molar-refractivity contribution in [1.29, 1.82) is 0 Å². The van der Waals surface area contributed by atoms with Gasteiger partial charge in [0.1, 0.15) is 0 Å². The smallest absolute Gasteiger partial charge is 0.291 e. The predicted molar refractivity (Wildman–Crippen MR) is 75.1 cm³/mol. The van der Waals surface area contributed by atoms with Crippen molar-refractivity contribution in [2.24, 2.45) is 0 Å². The fraction of sp³-hybridized carbons (Fsp3) is 0.0769. The SMILES string of the molecule is CC(=O)Nc1ccc(C(=O)Nc2cccc(Br)c2)o1. The third-order valence-corrected chi connectivity index (χ3v) is 2.70. The molecule has 0 radical (unpaired) electrons. The molecular weight excluding hydrogens is 312 g/mol. The molecule has 2 amide bonds. The van der Waals surface area contributed by atoms with Crippen LogP contribution < -0.4 is 10.6 Å². The summed E-state index contributed by atoms with van der Waals surface area (Å²) in [6.45, 7) is 1.36. The molecule has 98 valence electrons. The number of carbonyl (C=O) groups excluding carboxylic acids is 2. The van der Waals surface area contributed by atoms with E-state index in [0.717, 1.165) is 4.47 Å². The molecule has 0 unspecified atom stereocenters. The molecule has 0 aliphatic carbocycles. The molecule has 6 heteroatoms. The van der Waals surface area contributed by atoms with Gasteiger partial charge in [-0.3, -0.25) is 14.9 Å². The molecule has 1 aromatic carbocycles. The third kappa shape index (κ3) is 3.69. The lowest BCUT2D eigenvalue weighted by Crippen LogP contribution is -2.11. The zero-order valence-corrected chi connectivity index (χ0v) is 11.7. The van der Waals surface area contributed by atoms with E-state index < -0.39 is 0 Å². The highest BCUT2D eigenvalue weighted by atomic mass is 79.9. The lowest BCUT2D eigenvalue weighted by molar-refractivity contribution is -0.114. The number of amides is 2. The third-order valence-electron chi connectivity index (χ3n) is 2.21. The minimum atomic E-state index is -0.380. The van der Waals surface area contributed by atoms with Gasteiger partial charge in [-0.1, -0.05) is 22.0 Å². The van der Waals surface area contributed by atoms with Crippen molar-refractivity contribution in [2.75, 3.05) is 10.6 Å². The number of anilines is 2. The number of hydrogen-bond donors (Lipinski definition) is 2. The molecular formula is C13H11BrN2O3. The summed E-state index contributed by atoms with van der Waals surface area (Å²) in [6.07, 6.45) is 0. The number of hydrogen-bond acceptors (Lipinski definition) is 3. The minimum absolute atomic E-state index is 0.128. The molecule has 2 N–H and O–H groups in total. The second-order valence-electron chi connectivity index (χ2n) is 3.81. The Balaban J connectivity index is 2.07. The number of halogens is 1. The van der Waals surface area contributed by atoms with Crippen molar-refractivity contribution in [3.63, 3.8) is 0 Å². The summed E-state index contributed by atoms with van der Waals surface area (Å²) in [5.41, 5.74) is 0.650. The molecule has 2 rings (SSSR count). The van der Waals surface area contributed by atoms with Gasteiger partial charge in [-0.05, 0) is 24.3 Å². The molecule has 19 heavy (non-hydrogen) atoms. The van der Waals surface area contributed by atoms with Gasteiger partial charge in [0.2, 0.25) is 5.91 Å². The summed E-state index contributed by atoms with van der Waals surface area (Å²) in [4.78, 5) is 22.7. The summed E-state index contributed by atoms with van der Waals surface area (Å²) < 4.78 is 6.07. The second-order valence-corrected chi connectivity index (χ2v) is 4.73. The van der Waals surface area contributed by atoms with Gasteiger partial charge < -0.3 is 9.73 Å². The van der Waals surface area contributed by atoms with Crippen molar-refractivity contribution < 1.29 is 14.0 Å². The Labute approximate surface area is 118 Å². The van der Waals surface area contributed by atoms with Crippen molar-refractivity contribution in [3.05, 3.63) is 46.6 Å². The van der Waals surface area contributed by atoms with Crippen molar-refractivity contribution in [2.45, 2.75) is 6.92 Å². The molecule has 0 bridgehead atoms. The first-order chi connectivity index (χ1) is 9.04. The molecule has 1 heterocycles.